The summed E-state index contributed by atoms with van der Waals surface area (Å²) in [6, 6.07) is 3.81. The van der Waals surface area contributed by atoms with Crippen LogP contribution in [0.5, 0.6) is 0 Å². The Kier molecular flexibility index (Phi) is 26.0. The van der Waals surface area contributed by atoms with Crippen molar-refractivity contribution in [1.82, 2.24) is 4.90 Å². The standard InChI is InChI=1S/C29H63NOSSi/c1-5-9-11-13-15-17-19-21-24-30(25-22-20-18-16-14-12-10-6-2)26-27-31-33(7-3,8-4)29-23-28-32/h32H,5-29H2,1-4H3. The van der Waals surface area contributed by atoms with Crippen LogP contribution in [0.15, 0.2) is 0 Å². The van der Waals surface area contributed by atoms with E-state index in [1.54, 1.807) is 0 Å². The largest absolute Gasteiger partial charge is 0.416 e. The van der Waals surface area contributed by atoms with Crippen LogP contribution in [-0.2, 0) is 4.43 Å². The topological polar surface area (TPSA) is 12.5 Å². The number of unbranched alkanes of at least 4 members (excludes halogenated alkanes) is 14. The van der Waals surface area contributed by atoms with Crippen LogP contribution in [0.25, 0.3) is 0 Å². The molecule has 0 radical (unpaired) electrons. The first-order chi connectivity index (χ1) is 16.2. The molecule has 0 unspecified atom stereocenters. The van der Waals surface area contributed by atoms with E-state index in [9.17, 15) is 0 Å². The van der Waals surface area contributed by atoms with E-state index in [0.717, 1.165) is 18.9 Å². The van der Waals surface area contributed by atoms with Crippen molar-refractivity contribution < 1.29 is 4.43 Å². The molecule has 0 fully saturated rings. The molecule has 0 aromatic rings. The fourth-order valence-electron chi connectivity index (χ4n) is 4.95. The lowest BCUT2D eigenvalue weighted by Gasteiger charge is -2.31. The normalized spacial score (nSPS) is 12.2. The van der Waals surface area contributed by atoms with Crippen molar-refractivity contribution in [2.45, 2.75) is 155 Å². The van der Waals surface area contributed by atoms with Crippen LogP contribution in [0.3, 0.4) is 0 Å². The molecule has 0 aliphatic carbocycles. The van der Waals surface area contributed by atoms with Gasteiger partial charge in [-0.05, 0) is 56.2 Å². The quantitative estimate of drug-likeness (QED) is 0.0682. The van der Waals surface area contributed by atoms with E-state index in [2.05, 4.69) is 45.2 Å². The van der Waals surface area contributed by atoms with Crippen molar-refractivity contribution in [3.8, 4) is 0 Å². The van der Waals surface area contributed by atoms with E-state index in [1.165, 1.54) is 140 Å². The molecule has 0 amide bonds. The van der Waals surface area contributed by atoms with Crippen LogP contribution in [0.2, 0.25) is 18.1 Å². The third-order valence-corrected chi connectivity index (χ3v) is 12.5. The fourth-order valence-corrected chi connectivity index (χ4v) is 8.51. The van der Waals surface area contributed by atoms with Gasteiger partial charge in [-0.15, -0.1) is 0 Å². The fraction of sp³-hybridized carbons (Fsp3) is 1.00. The van der Waals surface area contributed by atoms with Crippen LogP contribution in [0.4, 0.5) is 0 Å². The predicted octanol–water partition coefficient (Wildman–Crippen LogP) is 9.89. The van der Waals surface area contributed by atoms with E-state index in [1.807, 2.05) is 0 Å². The van der Waals surface area contributed by atoms with E-state index >= 15 is 0 Å². The van der Waals surface area contributed by atoms with Gasteiger partial charge in [-0.2, -0.15) is 12.6 Å². The molecular formula is C29H63NOSSi. The minimum atomic E-state index is -1.53. The summed E-state index contributed by atoms with van der Waals surface area (Å²) in [4.78, 5) is 2.73. The molecule has 0 aliphatic rings. The number of thiol groups is 1. The molecule has 0 N–H and O–H groups in total. The third-order valence-electron chi connectivity index (χ3n) is 7.55. The first-order valence-corrected chi connectivity index (χ1v) is 18.3. The van der Waals surface area contributed by atoms with Gasteiger partial charge in [-0.25, -0.2) is 0 Å². The molecular weight excluding hydrogens is 438 g/mol. The smallest absolute Gasteiger partial charge is 0.192 e. The molecule has 33 heavy (non-hydrogen) atoms. The van der Waals surface area contributed by atoms with E-state index < -0.39 is 8.32 Å². The second kappa shape index (κ2) is 25.6. The second-order valence-corrected chi connectivity index (χ2v) is 15.4. The van der Waals surface area contributed by atoms with Crippen LogP contribution in [-0.4, -0.2) is 45.2 Å². The zero-order chi connectivity index (χ0) is 24.5. The maximum absolute atomic E-state index is 6.69. The second-order valence-electron chi connectivity index (χ2n) is 10.4. The molecule has 0 aromatic heterocycles. The Morgan fingerprint density at radius 2 is 0.970 bits per heavy atom. The third kappa shape index (κ3) is 20.4. The highest BCUT2D eigenvalue weighted by molar-refractivity contribution is 7.80. The lowest BCUT2D eigenvalue weighted by Crippen LogP contribution is -2.40. The molecule has 4 heteroatoms. The molecule has 200 valence electrons. The molecule has 0 bridgehead atoms. The van der Waals surface area contributed by atoms with Gasteiger partial charge in [0.15, 0.2) is 8.32 Å². The van der Waals surface area contributed by atoms with Gasteiger partial charge >= 0.3 is 0 Å². The molecule has 2 nitrogen and oxygen atoms in total. The van der Waals surface area contributed by atoms with Gasteiger partial charge < -0.3 is 9.33 Å². The van der Waals surface area contributed by atoms with Crippen molar-refractivity contribution in [2.24, 2.45) is 0 Å². The number of hydrogen-bond acceptors (Lipinski definition) is 3. The molecule has 0 saturated heterocycles. The van der Waals surface area contributed by atoms with Gasteiger partial charge in [-0.3, -0.25) is 0 Å². The predicted molar refractivity (Wildman–Crippen MR) is 158 cm³/mol. The Balaban J connectivity index is 4.28. The first kappa shape index (κ1) is 33.5. The SMILES string of the molecule is CCCCCCCCCCN(CCCCCCCCCC)CCO[Si](CC)(CC)CCCS. The average Bonchev–Trinajstić information content (AvgIpc) is 2.84. The molecule has 0 aromatic carbocycles. The van der Waals surface area contributed by atoms with Gasteiger partial charge in [0.2, 0.25) is 0 Å². The summed E-state index contributed by atoms with van der Waals surface area (Å²) in [5, 5.41) is 0. The monoisotopic (exact) mass is 501 g/mol. The molecule has 0 heterocycles. The van der Waals surface area contributed by atoms with Crippen LogP contribution >= 0.6 is 12.6 Å². The van der Waals surface area contributed by atoms with E-state index in [0.29, 0.717) is 0 Å². The van der Waals surface area contributed by atoms with Crippen LogP contribution in [0.1, 0.15) is 137 Å². The summed E-state index contributed by atoms with van der Waals surface area (Å²) in [6.07, 6.45) is 23.8. The van der Waals surface area contributed by atoms with Gasteiger partial charge in [0, 0.05) is 13.2 Å². The Bertz CT molecular complexity index is 359. The lowest BCUT2D eigenvalue weighted by atomic mass is 10.1. The summed E-state index contributed by atoms with van der Waals surface area (Å²) < 4.78 is 6.69. The van der Waals surface area contributed by atoms with Gasteiger partial charge in [0.05, 0.1) is 0 Å². The summed E-state index contributed by atoms with van der Waals surface area (Å²) >= 11 is 4.45. The highest BCUT2D eigenvalue weighted by atomic mass is 32.1. The Hall–Kier alpha value is 0.487. The first-order valence-electron chi connectivity index (χ1n) is 15.1. The number of hydrogen-bond donors (Lipinski definition) is 1. The van der Waals surface area contributed by atoms with E-state index in [4.69, 9.17) is 4.43 Å². The minimum Gasteiger partial charge on any atom is -0.416 e. The van der Waals surface area contributed by atoms with Gasteiger partial charge in [-0.1, -0.05) is 118 Å². The molecule has 0 atom stereocenters. The zero-order valence-corrected chi connectivity index (χ0v) is 25.4. The zero-order valence-electron chi connectivity index (χ0n) is 23.5. The number of nitrogens with zero attached hydrogens (tertiary/aromatic N) is 1. The molecule has 0 spiro atoms. The van der Waals surface area contributed by atoms with Crippen molar-refractivity contribution in [1.29, 1.82) is 0 Å². The van der Waals surface area contributed by atoms with E-state index in [-0.39, 0.29) is 0 Å². The highest BCUT2D eigenvalue weighted by Gasteiger charge is 2.30. The summed E-state index contributed by atoms with van der Waals surface area (Å²) in [7, 11) is -1.53. The highest BCUT2D eigenvalue weighted by Crippen LogP contribution is 2.24. The number of rotatable bonds is 27. The summed E-state index contributed by atoms with van der Waals surface area (Å²) in [6.45, 7) is 14.0. The Morgan fingerprint density at radius 3 is 1.36 bits per heavy atom. The maximum atomic E-state index is 6.69. The Labute approximate surface area is 216 Å². The maximum Gasteiger partial charge on any atom is 0.192 e. The van der Waals surface area contributed by atoms with Gasteiger partial charge in [0.25, 0.3) is 0 Å². The lowest BCUT2D eigenvalue weighted by molar-refractivity contribution is 0.195. The Morgan fingerprint density at radius 1 is 0.545 bits per heavy atom. The average molecular weight is 502 g/mol. The molecule has 0 rings (SSSR count). The summed E-state index contributed by atoms with van der Waals surface area (Å²) in [5.74, 6) is 1.00. The van der Waals surface area contributed by atoms with Crippen molar-refractivity contribution in [2.75, 3.05) is 32.0 Å². The van der Waals surface area contributed by atoms with Crippen molar-refractivity contribution in [3.63, 3.8) is 0 Å². The van der Waals surface area contributed by atoms with Crippen molar-refractivity contribution >= 4 is 20.9 Å². The summed E-state index contributed by atoms with van der Waals surface area (Å²) in [5.41, 5.74) is 0. The molecule has 0 aliphatic heterocycles. The minimum absolute atomic E-state index is 0.953. The molecule has 0 saturated carbocycles. The van der Waals surface area contributed by atoms with Gasteiger partial charge in [0.1, 0.15) is 0 Å². The van der Waals surface area contributed by atoms with Crippen LogP contribution < -0.4 is 0 Å². The van der Waals surface area contributed by atoms with Crippen LogP contribution in [0, 0.1) is 0 Å². The van der Waals surface area contributed by atoms with Crippen molar-refractivity contribution in [3.05, 3.63) is 0 Å².